The van der Waals surface area contributed by atoms with E-state index in [1.54, 1.807) is 0 Å². The average Bonchev–Trinajstić information content (AvgIpc) is 2.32. The second-order valence-electron chi connectivity index (χ2n) is 5.48. The van der Waals surface area contributed by atoms with Gasteiger partial charge in [0.1, 0.15) is 0 Å². The molecule has 2 nitrogen and oxygen atoms in total. The Morgan fingerprint density at radius 1 is 1.39 bits per heavy atom. The van der Waals surface area contributed by atoms with Crippen molar-refractivity contribution < 1.29 is 0 Å². The van der Waals surface area contributed by atoms with Crippen molar-refractivity contribution >= 4 is 11.6 Å². The number of hydrogen-bond donors (Lipinski definition) is 1. The molecule has 0 bridgehead atoms. The molecule has 0 aromatic heterocycles. The van der Waals surface area contributed by atoms with E-state index in [4.69, 9.17) is 11.6 Å². The van der Waals surface area contributed by atoms with Crippen molar-refractivity contribution in [3.63, 3.8) is 0 Å². The highest BCUT2D eigenvalue weighted by atomic mass is 35.5. The minimum Gasteiger partial charge on any atom is -0.311 e. The quantitative estimate of drug-likeness (QED) is 0.902. The van der Waals surface area contributed by atoms with Crippen LogP contribution in [0.1, 0.15) is 25.3 Å². The normalized spacial score (nSPS) is 19.9. The van der Waals surface area contributed by atoms with Gasteiger partial charge in [0.05, 0.1) is 0 Å². The lowest BCUT2D eigenvalue weighted by molar-refractivity contribution is 0.226. The standard InChI is InChI=1S/C15H23ClN2/c1-12(10-13-4-3-5-14(16)11-13)17-15-6-8-18(2)9-7-15/h3-5,11-12,15,17H,6-10H2,1-2H3. The fourth-order valence-electron chi connectivity index (χ4n) is 2.65. The van der Waals surface area contributed by atoms with Gasteiger partial charge in [0.25, 0.3) is 0 Å². The third kappa shape index (κ3) is 4.27. The van der Waals surface area contributed by atoms with E-state index >= 15 is 0 Å². The van der Waals surface area contributed by atoms with Gasteiger partial charge in [0, 0.05) is 17.1 Å². The number of rotatable bonds is 4. The minimum atomic E-state index is 0.511. The molecule has 1 saturated heterocycles. The summed E-state index contributed by atoms with van der Waals surface area (Å²) < 4.78 is 0. The van der Waals surface area contributed by atoms with Crippen molar-refractivity contribution in [3.8, 4) is 0 Å². The van der Waals surface area contributed by atoms with Crippen LogP contribution in [-0.4, -0.2) is 37.1 Å². The lowest BCUT2D eigenvalue weighted by Gasteiger charge is -2.31. The van der Waals surface area contributed by atoms with Crippen LogP contribution in [0.5, 0.6) is 0 Å². The van der Waals surface area contributed by atoms with Gasteiger partial charge in [-0.25, -0.2) is 0 Å². The Morgan fingerprint density at radius 2 is 2.11 bits per heavy atom. The van der Waals surface area contributed by atoms with Crippen LogP contribution in [0, 0.1) is 0 Å². The number of likely N-dealkylation sites (tertiary alicyclic amines) is 1. The summed E-state index contributed by atoms with van der Waals surface area (Å²) in [5, 5.41) is 4.57. The predicted molar refractivity (Wildman–Crippen MR) is 78.3 cm³/mol. The SMILES string of the molecule is CC(Cc1cccc(Cl)c1)NC1CCN(C)CC1. The molecule has 1 aliphatic rings. The molecule has 100 valence electrons. The smallest absolute Gasteiger partial charge is 0.0408 e. The van der Waals surface area contributed by atoms with Crippen molar-refractivity contribution in [1.82, 2.24) is 10.2 Å². The Labute approximate surface area is 115 Å². The predicted octanol–water partition coefficient (Wildman–Crippen LogP) is 2.95. The molecule has 0 spiro atoms. The number of nitrogens with zero attached hydrogens (tertiary/aromatic N) is 1. The third-order valence-corrected chi connectivity index (χ3v) is 3.90. The maximum Gasteiger partial charge on any atom is 0.0408 e. The van der Waals surface area contributed by atoms with Gasteiger partial charge in [-0.05, 0) is 64.0 Å². The van der Waals surface area contributed by atoms with E-state index < -0.39 is 0 Å². The number of halogens is 1. The summed E-state index contributed by atoms with van der Waals surface area (Å²) in [5.74, 6) is 0. The molecule has 3 heteroatoms. The van der Waals surface area contributed by atoms with Crippen molar-refractivity contribution in [3.05, 3.63) is 34.9 Å². The van der Waals surface area contributed by atoms with E-state index in [0.717, 1.165) is 11.4 Å². The summed E-state index contributed by atoms with van der Waals surface area (Å²) in [5.41, 5.74) is 1.32. The van der Waals surface area contributed by atoms with Crippen molar-refractivity contribution in [2.24, 2.45) is 0 Å². The van der Waals surface area contributed by atoms with Crippen LogP contribution in [0.3, 0.4) is 0 Å². The van der Waals surface area contributed by atoms with Gasteiger partial charge in [0.2, 0.25) is 0 Å². The molecule has 1 unspecified atom stereocenters. The van der Waals surface area contributed by atoms with Gasteiger partial charge in [-0.1, -0.05) is 23.7 Å². The fraction of sp³-hybridized carbons (Fsp3) is 0.600. The maximum atomic E-state index is 6.01. The molecule has 0 amide bonds. The summed E-state index contributed by atoms with van der Waals surface area (Å²) in [6, 6.07) is 9.36. The summed E-state index contributed by atoms with van der Waals surface area (Å²) in [6.45, 7) is 4.68. The maximum absolute atomic E-state index is 6.01. The first-order valence-electron chi connectivity index (χ1n) is 6.82. The Hall–Kier alpha value is -0.570. The molecule has 0 aliphatic carbocycles. The molecule has 18 heavy (non-hydrogen) atoms. The van der Waals surface area contributed by atoms with Crippen LogP contribution >= 0.6 is 11.6 Å². The Bertz CT molecular complexity index is 373. The molecular formula is C15H23ClN2. The number of nitrogens with one attached hydrogen (secondary N) is 1. The van der Waals surface area contributed by atoms with Crippen LogP contribution < -0.4 is 5.32 Å². The fourth-order valence-corrected chi connectivity index (χ4v) is 2.87. The molecular weight excluding hydrogens is 244 g/mol. The van der Waals surface area contributed by atoms with Crippen molar-refractivity contribution in [2.75, 3.05) is 20.1 Å². The summed E-state index contributed by atoms with van der Waals surface area (Å²) in [7, 11) is 2.20. The summed E-state index contributed by atoms with van der Waals surface area (Å²) in [6.07, 6.45) is 3.57. The van der Waals surface area contributed by atoms with E-state index in [2.05, 4.69) is 36.3 Å². The molecule has 1 N–H and O–H groups in total. The molecule has 1 aromatic carbocycles. The van der Waals surface area contributed by atoms with Gasteiger partial charge in [-0.15, -0.1) is 0 Å². The lowest BCUT2D eigenvalue weighted by Crippen LogP contribution is -2.44. The first-order valence-corrected chi connectivity index (χ1v) is 7.20. The Morgan fingerprint density at radius 3 is 2.78 bits per heavy atom. The van der Waals surface area contributed by atoms with E-state index in [1.807, 2.05) is 12.1 Å². The summed E-state index contributed by atoms with van der Waals surface area (Å²) >= 11 is 6.01. The zero-order valence-corrected chi connectivity index (χ0v) is 12.1. The van der Waals surface area contributed by atoms with Crippen LogP contribution in [0.4, 0.5) is 0 Å². The zero-order chi connectivity index (χ0) is 13.0. The van der Waals surface area contributed by atoms with E-state index in [0.29, 0.717) is 12.1 Å². The van der Waals surface area contributed by atoms with Gasteiger partial charge in [-0.2, -0.15) is 0 Å². The van der Waals surface area contributed by atoms with Crippen LogP contribution in [0.2, 0.25) is 5.02 Å². The molecule has 1 atom stereocenters. The largest absolute Gasteiger partial charge is 0.311 e. The topological polar surface area (TPSA) is 15.3 Å². The summed E-state index contributed by atoms with van der Waals surface area (Å²) in [4.78, 5) is 2.40. The Kier molecular flexibility index (Phi) is 5.04. The second kappa shape index (κ2) is 6.55. The van der Waals surface area contributed by atoms with Crippen molar-refractivity contribution in [2.45, 2.75) is 38.3 Å². The number of hydrogen-bond acceptors (Lipinski definition) is 2. The second-order valence-corrected chi connectivity index (χ2v) is 5.92. The molecule has 0 saturated carbocycles. The molecule has 1 fully saturated rings. The first kappa shape index (κ1) is 13.9. The highest BCUT2D eigenvalue weighted by molar-refractivity contribution is 6.30. The monoisotopic (exact) mass is 266 g/mol. The van der Waals surface area contributed by atoms with Gasteiger partial charge < -0.3 is 10.2 Å². The van der Waals surface area contributed by atoms with Crippen molar-refractivity contribution in [1.29, 1.82) is 0 Å². The van der Waals surface area contributed by atoms with Crippen LogP contribution in [-0.2, 0) is 6.42 Å². The minimum absolute atomic E-state index is 0.511. The lowest BCUT2D eigenvalue weighted by atomic mass is 10.0. The Balaban J connectivity index is 1.80. The van der Waals surface area contributed by atoms with Gasteiger partial charge in [0.15, 0.2) is 0 Å². The first-order chi connectivity index (χ1) is 8.63. The van der Waals surface area contributed by atoms with E-state index in [-0.39, 0.29) is 0 Å². The van der Waals surface area contributed by atoms with Gasteiger partial charge in [-0.3, -0.25) is 0 Å². The zero-order valence-electron chi connectivity index (χ0n) is 11.3. The molecule has 0 radical (unpaired) electrons. The number of piperidine rings is 1. The van der Waals surface area contributed by atoms with E-state index in [1.165, 1.54) is 31.5 Å². The highest BCUT2D eigenvalue weighted by Gasteiger charge is 2.18. The molecule has 1 heterocycles. The van der Waals surface area contributed by atoms with Gasteiger partial charge >= 0.3 is 0 Å². The highest BCUT2D eigenvalue weighted by Crippen LogP contribution is 2.14. The number of benzene rings is 1. The third-order valence-electron chi connectivity index (χ3n) is 3.67. The molecule has 1 aliphatic heterocycles. The van der Waals surface area contributed by atoms with Crippen LogP contribution in [0.25, 0.3) is 0 Å². The van der Waals surface area contributed by atoms with Crippen LogP contribution in [0.15, 0.2) is 24.3 Å². The molecule has 1 aromatic rings. The van der Waals surface area contributed by atoms with E-state index in [9.17, 15) is 0 Å². The average molecular weight is 267 g/mol. The molecule has 2 rings (SSSR count).